The predicted octanol–water partition coefficient (Wildman–Crippen LogP) is 3.33. The number of thiazole rings is 1. The molecule has 16 heavy (non-hydrogen) atoms. The van der Waals surface area contributed by atoms with Gasteiger partial charge >= 0.3 is 0 Å². The van der Waals surface area contributed by atoms with Crippen LogP contribution in [0, 0.1) is 19.3 Å². The lowest BCUT2D eigenvalue weighted by molar-refractivity contribution is 0.338. The van der Waals surface area contributed by atoms with E-state index in [-0.39, 0.29) is 0 Å². The summed E-state index contributed by atoms with van der Waals surface area (Å²) < 4.78 is 0. The summed E-state index contributed by atoms with van der Waals surface area (Å²) in [4.78, 5) is 5.97. The molecule has 1 N–H and O–H groups in total. The van der Waals surface area contributed by atoms with Crippen LogP contribution in [0.15, 0.2) is 0 Å². The van der Waals surface area contributed by atoms with E-state index in [4.69, 9.17) is 0 Å². The Balaban J connectivity index is 2.51. The van der Waals surface area contributed by atoms with Gasteiger partial charge in [-0.05, 0) is 32.2 Å². The van der Waals surface area contributed by atoms with Crippen LogP contribution in [0.25, 0.3) is 0 Å². The largest absolute Gasteiger partial charge is 0.316 e. The van der Waals surface area contributed by atoms with Gasteiger partial charge in [-0.25, -0.2) is 4.98 Å². The Hall–Kier alpha value is -0.410. The summed E-state index contributed by atoms with van der Waals surface area (Å²) in [6, 6.07) is 0. The standard InChI is InChI=1S/C13H24N2S/c1-6-7-14-9-13(4,5)8-12-15-10(2)11(3)16-12/h14H,6-9H2,1-5H3. The van der Waals surface area contributed by atoms with Gasteiger partial charge in [0.1, 0.15) is 0 Å². The van der Waals surface area contributed by atoms with E-state index in [0.717, 1.165) is 19.5 Å². The molecule has 0 aromatic carbocycles. The number of hydrogen-bond acceptors (Lipinski definition) is 3. The monoisotopic (exact) mass is 240 g/mol. The van der Waals surface area contributed by atoms with Gasteiger partial charge in [0.25, 0.3) is 0 Å². The summed E-state index contributed by atoms with van der Waals surface area (Å²) in [7, 11) is 0. The van der Waals surface area contributed by atoms with Crippen LogP contribution >= 0.6 is 11.3 Å². The van der Waals surface area contributed by atoms with Gasteiger partial charge in [0, 0.05) is 17.8 Å². The van der Waals surface area contributed by atoms with Crippen molar-refractivity contribution in [3.8, 4) is 0 Å². The van der Waals surface area contributed by atoms with E-state index in [1.54, 1.807) is 0 Å². The summed E-state index contributed by atoms with van der Waals surface area (Å²) in [5.74, 6) is 0. The molecule has 0 aliphatic carbocycles. The first-order valence-electron chi connectivity index (χ1n) is 6.08. The van der Waals surface area contributed by atoms with Crippen molar-refractivity contribution < 1.29 is 0 Å². The minimum Gasteiger partial charge on any atom is -0.316 e. The number of aromatic nitrogens is 1. The first kappa shape index (κ1) is 13.7. The van der Waals surface area contributed by atoms with E-state index < -0.39 is 0 Å². The van der Waals surface area contributed by atoms with Crippen LogP contribution in [0.3, 0.4) is 0 Å². The third-order valence-corrected chi connectivity index (χ3v) is 3.81. The molecule has 0 radical (unpaired) electrons. The van der Waals surface area contributed by atoms with E-state index >= 15 is 0 Å². The van der Waals surface area contributed by atoms with Crippen molar-refractivity contribution in [3.63, 3.8) is 0 Å². The van der Waals surface area contributed by atoms with Crippen molar-refractivity contribution in [2.24, 2.45) is 5.41 Å². The molecule has 1 rings (SSSR count). The van der Waals surface area contributed by atoms with Crippen LogP contribution < -0.4 is 5.32 Å². The van der Waals surface area contributed by atoms with Gasteiger partial charge in [-0.3, -0.25) is 0 Å². The molecular formula is C13H24N2S. The third kappa shape index (κ3) is 4.22. The maximum Gasteiger partial charge on any atom is 0.0936 e. The molecule has 0 saturated heterocycles. The van der Waals surface area contributed by atoms with Crippen molar-refractivity contribution in [2.75, 3.05) is 13.1 Å². The van der Waals surface area contributed by atoms with Gasteiger partial charge in [-0.1, -0.05) is 20.8 Å². The zero-order valence-corrected chi connectivity index (χ0v) is 12.0. The van der Waals surface area contributed by atoms with E-state index in [1.165, 1.54) is 22.0 Å². The number of nitrogens with one attached hydrogen (secondary N) is 1. The summed E-state index contributed by atoms with van der Waals surface area (Å²) in [5.41, 5.74) is 1.49. The molecule has 0 fully saturated rings. The van der Waals surface area contributed by atoms with Crippen molar-refractivity contribution in [1.82, 2.24) is 10.3 Å². The van der Waals surface area contributed by atoms with Crippen LogP contribution in [-0.4, -0.2) is 18.1 Å². The Labute approximate surface area is 103 Å². The Kier molecular flexibility index (Phi) is 4.93. The van der Waals surface area contributed by atoms with Gasteiger partial charge in [0.15, 0.2) is 0 Å². The third-order valence-electron chi connectivity index (χ3n) is 2.73. The Bertz CT molecular complexity index is 309. The van der Waals surface area contributed by atoms with E-state index in [9.17, 15) is 0 Å². The zero-order chi connectivity index (χ0) is 12.2. The predicted molar refractivity (Wildman–Crippen MR) is 72.2 cm³/mol. The van der Waals surface area contributed by atoms with Gasteiger partial charge in [-0.2, -0.15) is 0 Å². The number of nitrogens with zero attached hydrogens (tertiary/aromatic N) is 1. The van der Waals surface area contributed by atoms with Gasteiger partial charge < -0.3 is 5.32 Å². The molecule has 92 valence electrons. The van der Waals surface area contributed by atoms with Crippen LogP contribution in [0.4, 0.5) is 0 Å². The molecule has 1 aromatic rings. The maximum absolute atomic E-state index is 4.61. The lowest BCUT2D eigenvalue weighted by Crippen LogP contribution is -2.31. The second kappa shape index (κ2) is 5.78. The fourth-order valence-electron chi connectivity index (χ4n) is 1.69. The first-order valence-corrected chi connectivity index (χ1v) is 6.90. The lowest BCUT2D eigenvalue weighted by atomic mass is 9.89. The molecule has 0 unspecified atom stereocenters. The van der Waals surface area contributed by atoms with Crippen LogP contribution in [-0.2, 0) is 6.42 Å². The second-order valence-corrected chi connectivity index (χ2v) is 6.55. The summed E-state index contributed by atoms with van der Waals surface area (Å²) in [6.45, 7) is 13.2. The molecule has 2 nitrogen and oxygen atoms in total. The van der Waals surface area contributed by atoms with Crippen molar-refractivity contribution in [3.05, 3.63) is 15.6 Å². The molecule has 0 aliphatic heterocycles. The molecule has 0 bridgehead atoms. The zero-order valence-electron chi connectivity index (χ0n) is 11.2. The van der Waals surface area contributed by atoms with Crippen LogP contribution in [0.1, 0.15) is 42.8 Å². The highest BCUT2D eigenvalue weighted by Gasteiger charge is 2.20. The lowest BCUT2D eigenvalue weighted by Gasteiger charge is -2.23. The van der Waals surface area contributed by atoms with Crippen LogP contribution in [0.5, 0.6) is 0 Å². The maximum atomic E-state index is 4.61. The molecule has 0 spiro atoms. The van der Waals surface area contributed by atoms with E-state index in [2.05, 4.69) is 44.9 Å². The number of aryl methyl sites for hydroxylation is 2. The normalized spacial score (nSPS) is 12.1. The Morgan fingerprint density at radius 2 is 2.00 bits per heavy atom. The number of hydrogen-bond donors (Lipinski definition) is 1. The van der Waals surface area contributed by atoms with E-state index in [1.807, 2.05) is 11.3 Å². The quantitative estimate of drug-likeness (QED) is 0.772. The molecule has 0 atom stereocenters. The minimum absolute atomic E-state index is 0.298. The molecule has 3 heteroatoms. The van der Waals surface area contributed by atoms with Crippen molar-refractivity contribution >= 4 is 11.3 Å². The van der Waals surface area contributed by atoms with Crippen LogP contribution in [0.2, 0.25) is 0 Å². The fourth-order valence-corrected chi connectivity index (χ4v) is 2.88. The highest BCUT2D eigenvalue weighted by molar-refractivity contribution is 7.11. The fraction of sp³-hybridized carbons (Fsp3) is 0.769. The SMILES string of the molecule is CCCNCC(C)(C)Cc1nc(C)c(C)s1. The van der Waals surface area contributed by atoms with Crippen molar-refractivity contribution in [1.29, 1.82) is 0 Å². The smallest absolute Gasteiger partial charge is 0.0936 e. The highest BCUT2D eigenvalue weighted by atomic mass is 32.1. The topological polar surface area (TPSA) is 24.9 Å². The highest BCUT2D eigenvalue weighted by Crippen LogP contribution is 2.25. The summed E-state index contributed by atoms with van der Waals surface area (Å²) >= 11 is 1.84. The Morgan fingerprint density at radius 3 is 2.50 bits per heavy atom. The molecule has 0 amide bonds. The van der Waals surface area contributed by atoms with Gasteiger partial charge in [-0.15, -0.1) is 11.3 Å². The van der Waals surface area contributed by atoms with E-state index in [0.29, 0.717) is 5.41 Å². The first-order chi connectivity index (χ1) is 7.44. The summed E-state index contributed by atoms with van der Waals surface area (Å²) in [6.07, 6.45) is 2.27. The average Bonchev–Trinajstić information content (AvgIpc) is 2.44. The molecular weight excluding hydrogens is 216 g/mol. The van der Waals surface area contributed by atoms with Gasteiger partial charge in [0.2, 0.25) is 0 Å². The second-order valence-electron chi connectivity index (χ2n) is 5.27. The minimum atomic E-state index is 0.298. The molecule has 1 heterocycles. The molecule has 1 aromatic heterocycles. The summed E-state index contributed by atoms with van der Waals surface area (Å²) in [5, 5.41) is 4.77. The molecule has 0 aliphatic rings. The number of rotatable bonds is 6. The average molecular weight is 240 g/mol. The van der Waals surface area contributed by atoms with Crippen molar-refractivity contribution in [2.45, 2.75) is 47.5 Å². The molecule has 0 saturated carbocycles. The van der Waals surface area contributed by atoms with Gasteiger partial charge in [0.05, 0.1) is 10.7 Å². The Morgan fingerprint density at radius 1 is 1.31 bits per heavy atom.